The van der Waals surface area contributed by atoms with Crippen molar-refractivity contribution in [1.29, 1.82) is 0 Å². The van der Waals surface area contributed by atoms with E-state index in [1.165, 1.54) is 33.4 Å². The summed E-state index contributed by atoms with van der Waals surface area (Å²) >= 11 is 0. The number of fused-ring (bicyclic) bond motifs is 3. The summed E-state index contributed by atoms with van der Waals surface area (Å²) in [7, 11) is 0. The highest BCUT2D eigenvalue weighted by atomic mass is 16.3. The summed E-state index contributed by atoms with van der Waals surface area (Å²) in [6, 6.07) is 13.5. The van der Waals surface area contributed by atoms with Crippen LogP contribution in [0.2, 0.25) is 0 Å². The molecule has 23 heavy (non-hydrogen) atoms. The molecule has 2 aromatic rings. The van der Waals surface area contributed by atoms with E-state index in [9.17, 15) is 5.11 Å². The van der Waals surface area contributed by atoms with Crippen LogP contribution in [0.1, 0.15) is 69.7 Å². The number of aliphatic hydroxyl groups is 1. The Kier molecular flexibility index (Phi) is 3.68. The van der Waals surface area contributed by atoms with Gasteiger partial charge in [-0.15, -0.1) is 0 Å². The second-order valence-corrected chi connectivity index (χ2v) is 8.84. The molecule has 0 spiro atoms. The molecule has 0 radical (unpaired) electrons. The largest absolute Gasteiger partial charge is 0.395 e. The molecule has 0 aliphatic heterocycles. The summed E-state index contributed by atoms with van der Waals surface area (Å²) in [5.74, 6) is 0.108. The monoisotopic (exact) mass is 308 g/mol. The van der Waals surface area contributed by atoms with Crippen LogP contribution in [-0.2, 0) is 10.8 Å². The van der Waals surface area contributed by atoms with Crippen molar-refractivity contribution in [2.24, 2.45) is 0 Å². The van der Waals surface area contributed by atoms with E-state index in [4.69, 9.17) is 0 Å². The molecule has 3 rings (SSSR count). The molecule has 1 atom stereocenters. The van der Waals surface area contributed by atoms with Crippen molar-refractivity contribution < 1.29 is 5.11 Å². The van der Waals surface area contributed by atoms with Gasteiger partial charge in [-0.25, -0.2) is 0 Å². The lowest BCUT2D eigenvalue weighted by Gasteiger charge is -2.21. The first-order valence-corrected chi connectivity index (χ1v) is 8.53. The van der Waals surface area contributed by atoms with Crippen LogP contribution in [0.15, 0.2) is 36.4 Å². The second kappa shape index (κ2) is 5.21. The Bertz CT molecular complexity index is 742. The van der Waals surface area contributed by atoms with E-state index in [0.29, 0.717) is 0 Å². The minimum Gasteiger partial charge on any atom is -0.395 e. The van der Waals surface area contributed by atoms with E-state index in [-0.39, 0.29) is 23.4 Å². The van der Waals surface area contributed by atoms with Gasteiger partial charge in [-0.3, -0.25) is 0 Å². The van der Waals surface area contributed by atoms with Gasteiger partial charge in [-0.1, -0.05) is 77.9 Å². The van der Waals surface area contributed by atoms with Gasteiger partial charge in [0, 0.05) is 5.92 Å². The Balaban J connectivity index is 2.19. The van der Waals surface area contributed by atoms with Gasteiger partial charge in [0.25, 0.3) is 0 Å². The van der Waals surface area contributed by atoms with Gasteiger partial charge in [0.05, 0.1) is 6.61 Å². The maximum absolute atomic E-state index is 9.98. The standard InChI is InChI=1S/C22H28O/c1-21(2,3)14-8-10-17-18(11-14)16-9-7-15(22(4,5)6)12-19(16)20(17)13-23/h7-12,20,23H,13H2,1-6H3. The minimum absolute atomic E-state index is 0.108. The van der Waals surface area contributed by atoms with Crippen LogP contribution in [0, 0.1) is 0 Å². The second-order valence-electron chi connectivity index (χ2n) is 8.84. The first-order valence-electron chi connectivity index (χ1n) is 8.53. The molecule has 0 aromatic heterocycles. The highest BCUT2D eigenvalue weighted by molar-refractivity contribution is 5.80. The summed E-state index contributed by atoms with van der Waals surface area (Å²) < 4.78 is 0. The van der Waals surface area contributed by atoms with Crippen molar-refractivity contribution >= 4 is 0 Å². The summed E-state index contributed by atoms with van der Waals surface area (Å²) in [6.45, 7) is 13.6. The average molecular weight is 308 g/mol. The zero-order valence-electron chi connectivity index (χ0n) is 15.2. The van der Waals surface area contributed by atoms with E-state index >= 15 is 0 Å². The molecule has 0 fully saturated rings. The zero-order chi connectivity index (χ0) is 17.0. The van der Waals surface area contributed by atoms with E-state index < -0.39 is 0 Å². The van der Waals surface area contributed by atoms with Crippen LogP contribution in [0.25, 0.3) is 11.1 Å². The van der Waals surface area contributed by atoms with E-state index in [1.54, 1.807) is 0 Å². The summed E-state index contributed by atoms with van der Waals surface area (Å²) in [4.78, 5) is 0. The van der Waals surface area contributed by atoms with Crippen molar-refractivity contribution in [2.45, 2.75) is 58.3 Å². The lowest BCUT2D eigenvalue weighted by Crippen LogP contribution is -2.12. The van der Waals surface area contributed by atoms with Gasteiger partial charge < -0.3 is 5.11 Å². The van der Waals surface area contributed by atoms with E-state index in [0.717, 1.165) is 0 Å². The third-order valence-corrected chi connectivity index (χ3v) is 5.06. The van der Waals surface area contributed by atoms with Gasteiger partial charge in [0.1, 0.15) is 0 Å². The molecule has 0 bridgehead atoms. The minimum atomic E-state index is 0.108. The Morgan fingerprint density at radius 2 is 1.30 bits per heavy atom. The Labute approximate surface area is 140 Å². The van der Waals surface area contributed by atoms with Crippen molar-refractivity contribution in [3.63, 3.8) is 0 Å². The fourth-order valence-corrected chi connectivity index (χ4v) is 3.49. The molecular weight excluding hydrogens is 280 g/mol. The molecule has 0 amide bonds. The molecule has 1 aliphatic rings. The van der Waals surface area contributed by atoms with Crippen LogP contribution in [0.5, 0.6) is 0 Å². The molecule has 1 aliphatic carbocycles. The first-order chi connectivity index (χ1) is 10.6. The van der Waals surface area contributed by atoms with Gasteiger partial charge >= 0.3 is 0 Å². The molecule has 0 saturated carbocycles. The quantitative estimate of drug-likeness (QED) is 0.749. The predicted octanol–water partition coefficient (Wildman–Crippen LogP) is 5.39. The van der Waals surface area contributed by atoms with Gasteiger partial charge in [0.2, 0.25) is 0 Å². The van der Waals surface area contributed by atoms with Crippen molar-refractivity contribution in [1.82, 2.24) is 0 Å². The van der Waals surface area contributed by atoms with Crippen LogP contribution in [0.3, 0.4) is 0 Å². The van der Waals surface area contributed by atoms with E-state index in [2.05, 4.69) is 77.9 Å². The molecular formula is C22H28O. The Hall–Kier alpha value is -1.60. The predicted molar refractivity (Wildman–Crippen MR) is 98.2 cm³/mol. The Morgan fingerprint density at radius 3 is 1.87 bits per heavy atom. The number of benzene rings is 2. The van der Waals surface area contributed by atoms with Gasteiger partial charge in [-0.05, 0) is 44.2 Å². The third-order valence-electron chi connectivity index (χ3n) is 5.06. The van der Waals surface area contributed by atoms with E-state index in [1.807, 2.05) is 0 Å². The maximum atomic E-state index is 9.98. The average Bonchev–Trinajstić information content (AvgIpc) is 2.77. The van der Waals surface area contributed by atoms with Crippen LogP contribution in [-0.4, -0.2) is 11.7 Å². The number of hydrogen-bond donors (Lipinski definition) is 1. The maximum Gasteiger partial charge on any atom is 0.0540 e. The fraction of sp³-hybridized carbons (Fsp3) is 0.455. The molecule has 122 valence electrons. The molecule has 1 N–H and O–H groups in total. The Morgan fingerprint density at radius 1 is 0.739 bits per heavy atom. The highest BCUT2D eigenvalue weighted by Crippen LogP contribution is 2.47. The molecule has 1 unspecified atom stereocenters. The van der Waals surface area contributed by atoms with Crippen LogP contribution >= 0.6 is 0 Å². The molecule has 0 heterocycles. The first kappa shape index (κ1) is 16.3. The topological polar surface area (TPSA) is 20.2 Å². The fourth-order valence-electron chi connectivity index (χ4n) is 3.49. The van der Waals surface area contributed by atoms with Gasteiger partial charge in [0.15, 0.2) is 0 Å². The molecule has 2 aromatic carbocycles. The molecule has 1 heteroatoms. The number of hydrogen-bond acceptors (Lipinski definition) is 1. The smallest absolute Gasteiger partial charge is 0.0540 e. The molecule has 0 saturated heterocycles. The number of rotatable bonds is 1. The summed E-state index contributed by atoms with van der Waals surface area (Å²) in [5, 5.41) is 9.98. The van der Waals surface area contributed by atoms with Crippen molar-refractivity contribution in [3.8, 4) is 11.1 Å². The highest BCUT2D eigenvalue weighted by Gasteiger charge is 2.30. The van der Waals surface area contributed by atoms with Gasteiger partial charge in [-0.2, -0.15) is 0 Å². The van der Waals surface area contributed by atoms with Crippen LogP contribution in [0.4, 0.5) is 0 Å². The van der Waals surface area contributed by atoms with Crippen molar-refractivity contribution in [2.75, 3.05) is 6.61 Å². The third kappa shape index (κ3) is 2.72. The lowest BCUT2D eigenvalue weighted by atomic mass is 9.84. The summed E-state index contributed by atoms with van der Waals surface area (Å²) in [6.07, 6.45) is 0. The normalized spacial score (nSPS) is 17.1. The lowest BCUT2D eigenvalue weighted by molar-refractivity contribution is 0.282. The summed E-state index contributed by atoms with van der Waals surface area (Å²) in [5.41, 5.74) is 8.07. The zero-order valence-corrected chi connectivity index (χ0v) is 15.2. The number of aliphatic hydroxyl groups excluding tert-OH is 1. The SMILES string of the molecule is CC(C)(C)c1ccc2c(c1)-c1ccc(C(C)(C)C)cc1C2CO. The van der Waals surface area contributed by atoms with Crippen LogP contribution < -0.4 is 0 Å². The molecule has 1 nitrogen and oxygen atoms in total. The van der Waals surface area contributed by atoms with Crippen molar-refractivity contribution in [3.05, 3.63) is 58.7 Å².